The highest BCUT2D eigenvalue weighted by atomic mass is 32.2. The maximum absolute atomic E-state index is 13.1. The third-order valence-electron chi connectivity index (χ3n) is 5.97. The molecule has 1 aliphatic rings. The van der Waals surface area contributed by atoms with Crippen molar-refractivity contribution >= 4 is 43.7 Å². The minimum absolute atomic E-state index is 0.281. The second-order valence-electron chi connectivity index (χ2n) is 8.02. The normalized spacial score (nSPS) is 15.5. The van der Waals surface area contributed by atoms with Crippen molar-refractivity contribution in [3.05, 3.63) is 59.9 Å². The van der Waals surface area contributed by atoms with Crippen LogP contribution >= 0.6 is 11.8 Å². The number of hydrogen-bond acceptors (Lipinski definition) is 6. The first-order valence-corrected chi connectivity index (χ1v) is 13.5. The summed E-state index contributed by atoms with van der Waals surface area (Å²) in [4.78, 5) is 9.88. The zero-order valence-electron chi connectivity index (χ0n) is 18.7. The van der Waals surface area contributed by atoms with Crippen molar-refractivity contribution in [3.63, 3.8) is 0 Å². The summed E-state index contributed by atoms with van der Waals surface area (Å²) in [7, 11) is -3.56. The molecule has 0 amide bonds. The standard InChI is InChI=1S/C24H26N4O3S2/c1-3-28-22-9-8-18(33(29,30)27-10-12-31-13-11-27)15-21(22)25-23(28)16-32-24-14-17(2)19-6-4-5-7-20(19)26-24/h4-9,14-15H,3,10-13,16H2,1-2H3. The molecule has 0 atom stereocenters. The zero-order valence-corrected chi connectivity index (χ0v) is 20.3. The summed E-state index contributed by atoms with van der Waals surface area (Å²) in [5.74, 6) is 1.56. The Bertz CT molecular complexity index is 1430. The van der Waals surface area contributed by atoms with Crippen LogP contribution in [0.25, 0.3) is 21.9 Å². The van der Waals surface area contributed by atoms with Crippen molar-refractivity contribution in [2.75, 3.05) is 26.3 Å². The van der Waals surface area contributed by atoms with Crippen LogP contribution in [0.3, 0.4) is 0 Å². The minimum atomic E-state index is -3.56. The van der Waals surface area contributed by atoms with Crippen molar-refractivity contribution in [2.45, 2.75) is 36.1 Å². The molecule has 3 heterocycles. The molecule has 172 valence electrons. The van der Waals surface area contributed by atoms with Crippen molar-refractivity contribution in [2.24, 2.45) is 0 Å². The number of morpholine rings is 1. The van der Waals surface area contributed by atoms with Gasteiger partial charge < -0.3 is 9.30 Å². The Kier molecular flexibility index (Phi) is 6.13. The Balaban J connectivity index is 1.44. The van der Waals surface area contributed by atoms with Crippen LogP contribution in [0.1, 0.15) is 18.3 Å². The van der Waals surface area contributed by atoms with Crippen LogP contribution < -0.4 is 0 Å². The van der Waals surface area contributed by atoms with Crippen LogP contribution in [-0.2, 0) is 27.1 Å². The summed E-state index contributed by atoms with van der Waals surface area (Å²) in [6.07, 6.45) is 0. The number of benzene rings is 2. The van der Waals surface area contributed by atoms with Gasteiger partial charge in [0.15, 0.2) is 0 Å². The number of rotatable bonds is 6. The number of ether oxygens (including phenoxy) is 1. The highest BCUT2D eigenvalue weighted by Gasteiger charge is 2.27. The zero-order chi connectivity index (χ0) is 23.0. The van der Waals surface area contributed by atoms with E-state index in [1.807, 2.05) is 24.3 Å². The van der Waals surface area contributed by atoms with E-state index in [1.165, 1.54) is 9.87 Å². The third-order valence-corrected chi connectivity index (χ3v) is 8.77. The van der Waals surface area contributed by atoms with Crippen LogP contribution in [0.5, 0.6) is 0 Å². The summed E-state index contributed by atoms with van der Waals surface area (Å²) >= 11 is 1.64. The number of pyridine rings is 1. The first kappa shape index (κ1) is 22.3. The van der Waals surface area contributed by atoms with E-state index >= 15 is 0 Å². The van der Waals surface area contributed by atoms with Crippen LogP contribution in [0.4, 0.5) is 0 Å². The minimum Gasteiger partial charge on any atom is -0.379 e. The monoisotopic (exact) mass is 482 g/mol. The van der Waals surface area contributed by atoms with E-state index in [4.69, 9.17) is 14.7 Å². The molecule has 1 fully saturated rings. The predicted octanol–water partition coefficient (Wildman–Crippen LogP) is 4.23. The van der Waals surface area contributed by atoms with E-state index < -0.39 is 10.0 Å². The van der Waals surface area contributed by atoms with Crippen LogP contribution in [0, 0.1) is 6.92 Å². The first-order valence-electron chi connectivity index (χ1n) is 11.0. The van der Waals surface area contributed by atoms with Crippen molar-refractivity contribution < 1.29 is 13.2 Å². The lowest BCUT2D eigenvalue weighted by Crippen LogP contribution is -2.40. The molecule has 1 saturated heterocycles. The number of aryl methyl sites for hydroxylation is 2. The average Bonchev–Trinajstić information content (AvgIpc) is 3.20. The van der Waals surface area contributed by atoms with Gasteiger partial charge >= 0.3 is 0 Å². The number of aromatic nitrogens is 3. The van der Waals surface area contributed by atoms with Crippen LogP contribution in [0.2, 0.25) is 0 Å². The molecule has 2 aromatic carbocycles. The number of para-hydroxylation sites is 1. The van der Waals surface area contributed by atoms with Gasteiger partial charge in [-0.1, -0.05) is 30.0 Å². The third kappa shape index (κ3) is 4.26. The maximum Gasteiger partial charge on any atom is 0.243 e. The van der Waals surface area contributed by atoms with Gasteiger partial charge in [0.25, 0.3) is 0 Å². The molecule has 1 aliphatic heterocycles. The van der Waals surface area contributed by atoms with E-state index in [1.54, 1.807) is 23.9 Å². The van der Waals surface area contributed by atoms with Crippen molar-refractivity contribution in [3.8, 4) is 0 Å². The SMILES string of the molecule is CCn1c(CSc2cc(C)c3ccccc3n2)nc2cc(S(=O)(=O)N3CCOCC3)ccc21. The van der Waals surface area contributed by atoms with Gasteiger partial charge in [0.05, 0.1) is 45.4 Å². The lowest BCUT2D eigenvalue weighted by atomic mass is 10.1. The van der Waals surface area contributed by atoms with E-state index in [0.29, 0.717) is 37.6 Å². The molecular formula is C24H26N4O3S2. The van der Waals surface area contributed by atoms with Gasteiger partial charge in [0.1, 0.15) is 5.82 Å². The predicted molar refractivity (Wildman–Crippen MR) is 131 cm³/mol. The Morgan fingerprint density at radius 3 is 2.61 bits per heavy atom. The van der Waals surface area contributed by atoms with Gasteiger partial charge in [0.2, 0.25) is 10.0 Å². The molecule has 0 bridgehead atoms. The molecule has 0 radical (unpaired) electrons. The second-order valence-corrected chi connectivity index (χ2v) is 11.0. The summed E-state index contributed by atoms with van der Waals surface area (Å²) < 4.78 is 35.1. The van der Waals surface area contributed by atoms with Crippen molar-refractivity contribution in [1.29, 1.82) is 0 Å². The molecular weight excluding hydrogens is 456 g/mol. The smallest absolute Gasteiger partial charge is 0.243 e. The molecule has 7 nitrogen and oxygen atoms in total. The molecule has 33 heavy (non-hydrogen) atoms. The second kappa shape index (κ2) is 9.06. The first-order chi connectivity index (χ1) is 16.0. The summed E-state index contributed by atoms with van der Waals surface area (Å²) in [6, 6.07) is 15.5. The lowest BCUT2D eigenvalue weighted by molar-refractivity contribution is 0.0730. The Morgan fingerprint density at radius 1 is 1.03 bits per heavy atom. The van der Waals surface area contributed by atoms with Gasteiger partial charge in [-0.25, -0.2) is 18.4 Å². The van der Waals surface area contributed by atoms with E-state index in [9.17, 15) is 8.42 Å². The molecule has 0 spiro atoms. The number of sulfonamides is 1. The largest absolute Gasteiger partial charge is 0.379 e. The fourth-order valence-corrected chi connectivity index (χ4v) is 6.60. The van der Waals surface area contributed by atoms with E-state index in [0.717, 1.165) is 33.8 Å². The van der Waals surface area contributed by atoms with Gasteiger partial charge in [-0.2, -0.15) is 4.31 Å². The van der Waals surface area contributed by atoms with Gasteiger partial charge in [0, 0.05) is 25.0 Å². The molecule has 2 aromatic heterocycles. The molecule has 0 unspecified atom stereocenters. The number of fused-ring (bicyclic) bond motifs is 2. The van der Waals surface area contributed by atoms with Gasteiger partial charge in [-0.15, -0.1) is 0 Å². The van der Waals surface area contributed by atoms with Crippen molar-refractivity contribution in [1.82, 2.24) is 18.8 Å². The average molecular weight is 483 g/mol. The van der Waals surface area contributed by atoms with E-state index in [2.05, 4.69) is 30.5 Å². The van der Waals surface area contributed by atoms with Crippen LogP contribution in [0.15, 0.2) is 58.5 Å². The molecule has 9 heteroatoms. The lowest BCUT2D eigenvalue weighted by Gasteiger charge is -2.26. The van der Waals surface area contributed by atoms with E-state index in [-0.39, 0.29) is 4.90 Å². The Labute approximate surface area is 197 Å². The van der Waals surface area contributed by atoms with Crippen LogP contribution in [-0.4, -0.2) is 53.6 Å². The number of thioether (sulfide) groups is 1. The van der Waals surface area contributed by atoms with Gasteiger partial charge in [-0.3, -0.25) is 0 Å². The molecule has 4 aromatic rings. The number of imidazole rings is 1. The molecule has 5 rings (SSSR count). The fourth-order valence-electron chi connectivity index (χ4n) is 4.25. The molecule has 0 saturated carbocycles. The topological polar surface area (TPSA) is 77.3 Å². The van der Waals surface area contributed by atoms with Gasteiger partial charge in [-0.05, 0) is 49.7 Å². The fraction of sp³-hybridized carbons (Fsp3) is 0.333. The highest BCUT2D eigenvalue weighted by Crippen LogP contribution is 2.29. The maximum atomic E-state index is 13.1. The summed E-state index contributed by atoms with van der Waals surface area (Å²) in [5, 5.41) is 2.12. The summed E-state index contributed by atoms with van der Waals surface area (Å²) in [6.45, 7) is 6.54. The molecule has 0 aliphatic carbocycles. The Morgan fingerprint density at radius 2 is 1.82 bits per heavy atom. The number of nitrogens with zero attached hydrogens (tertiary/aromatic N) is 4. The Hall–Kier alpha value is -2.46. The highest BCUT2D eigenvalue weighted by molar-refractivity contribution is 7.98. The number of hydrogen-bond donors (Lipinski definition) is 0. The summed E-state index contributed by atoms with van der Waals surface area (Å²) in [5.41, 5.74) is 3.83. The molecule has 0 N–H and O–H groups in total. The quantitative estimate of drug-likeness (QED) is 0.383.